The first-order chi connectivity index (χ1) is 11.8. The van der Waals surface area contributed by atoms with Crippen molar-refractivity contribution in [1.29, 1.82) is 0 Å². The van der Waals surface area contributed by atoms with Gasteiger partial charge < -0.3 is 11.1 Å². The summed E-state index contributed by atoms with van der Waals surface area (Å²) >= 11 is 2.95. The smallest absolute Gasteiger partial charge is 0.251 e. The molecule has 0 aliphatic carbocycles. The Morgan fingerprint density at radius 3 is 2.64 bits per heavy atom. The highest BCUT2D eigenvalue weighted by molar-refractivity contribution is 8.00. The molecule has 0 radical (unpaired) electrons. The number of aromatic nitrogens is 1. The van der Waals surface area contributed by atoms with Crippen LogP contribution in [-0.2, 0) is 11.2 Å². The molecular formula is C18H23N3O2S2. The summed E-state index contributed by atoms with van der Waals surface area (Å²) in [6.07, 6.45) is 0.814. The van der Waals surface area contributed by atoms with Crippen molar-refractivity contribution >= 4 is 34.9 Å². The first-order valence-electron chi connectivity index (χ1n) is 8.05. The number of primary amides is 1. The van der Waals surface area contributed by atoms with Crippen molar-refractivity contribution in [3.05, 3.63) is 44.8 Å². The third-order valence-corrected chi connectivity index (χ3v) is 6.14. The van der Waals surface area contributed by atoms with Gasteiger partial charge in [-0.25, -0.2) is 4.98 Å². The predicted molar refractivity (Wildman–Crippen MR) is 103 cm³/mol. The first-order valence-corrected chi connectivity index (χ1v) is 9.81. The normalized spacial score (nSPS) is 12.0. The molecule has 2 aromatic rings. The standard InChI is InChI=1S/C18H23N3O2S2/c1-10-11(2)15(16(19)22)18(21-12(10)3)25-13(4)17(23)20-8-7-14-6-5-9-24-14/h5-6,9,13H,7-8H2,1-4H3,(H2,19,22)(H,20,23)/t13-/m0/s1. The van der Waals surface area contributed by atoms with E-state index in [1.54, 1.807) is 11.3 Å². The Morgan fingerprint density at radius 2 is 2.04 bits per heavy atom. The Labute approximate surface area is 156 Å². The molecule has 0 bridgehead atoms. The van der Waals surface area contributed by atoms with Gasteiger partial charge in [0.2, 0.25) is 5.91 Å². The highest BCUT2D eigenvalue weighted by Gasteiger charge is 2.22. The summed E-state index contributed by atoms with van der Waals surface area (Å²) in [7, 11) is 0. The van der Waals surface area contributed by atoms with Crippen LogP contribution in [0.25, 0.3) is 0 Å². The summed E-state index contributed by atoms with van der Waals surface area (Å²) in [5, 5.41) is 5.11. The van der Waals surface area contributed by atoms with Crippen LogP contribution in [0.5, 0.6) is 0 Å². The van der Waals surface area contributed by atoms with E-state index >= 15 is 0 Å². The number of rotatable bonds is 7. The van der Waals surface area contributed by atoms with Crippen LogP contribution in [0.2, 0.25) is 0 Å². The Bertz CT molecular complexity index is 773. The molecule has 0 spiro atoms. The minimum absolute atomic E-state index is 0.0744. The molecule has 5 nitrogen and oxygen atoms in total. The zero-order valence-electron chi connectivity index (χ0n) is 14.9. The number of thiophene rings is 1. The second kappa shape index (κ2) is 8.49. The largest absolute Gasteiger partial charge is 0.366 e. The maximum absolute atomic E-state index is 12.3. The molecule has 25 heavy (non-hydrogen) atoms. The third kappa shape index (κ3) is 4.83. The maximum atomic E-state index is 12.3. The zero-order valence-corrected chi connectivity index (χ0v) is 16.5. The van der Waals surface area contributed by atoms with Crippen LogP contribution in [-0.4, -0.2) is 28.6 Å². The molecule has 0 saturated heterocycles. The molecule has 3 N–H and O–H groups in total. The van der Waals surface area contributed by atoms with Gasteiger partial charge in [0.05, 0.1) is 10.8 Å². The number of nitrogens with one attached hydrogen (secondary N) is 1. The minimum atomic E-state index is -0.513. The SMILES string of the molecule is Cc1nc(S[C@@H](C)C(=O)NCCc2cccs2)c(C(N)=O)c(C)c1C. The molecule has 0 saturated carbocycles. The average molecular weight is 378 g/mol. The van der Waals surface area contributed by atoms with E-state index in [0.29, 0.717) is 17.1 Å². The van der Waals surface area contributed by atoms with Crippen molar-refractivity contribution < 1.29 is 9.59 Å². The molecule has 1 atom stereocenters. The zero-order chi connectivity index (χ0) is 18.6. The number of nitrogens with zero attached hydrogens (tertiary/aromatic N) is 1. The van der Waals surface area contributed by atoms with Gasteiger partial charge in [-0.15, -0.1) is 11.3 Å². The van der Waals surface area contributed by atoms with Crippen LogP contribution in [0, 0.1) is 20.8 Å². The van der Waals surface area contributed by atoms with Gasteiger partial charge in [0.25, 0.3) is 5.91 Å². The summed E-state index contributed by atoms with van der Waals surface area (Å²) in [5.74, 6) is -0.587. The van der Waals surface area contributed by atoms with Crippen LogP contribution >= 0.6 is 23.1 Å². The van der Waals surface area contributed by atoms with E-state index in [1.165, 1.54) is 16.6 Å². The number of pyridine rings is 1. The number of thioether (sulfide) groups is 1. The van der Waals surface area contributed by atoms with Gasteiger partial charge in [0.1, 0.15) is 5.03 Å². The summed E-state index contributed by atoms with van der Waals surface area (Å²) in [6, 6.07) is 4.05. The van der Waals surface area contributed by atoms with Crippen LogP contribution in [0.3, 0.4) is 0 Å². The van der Waals surface area contributed by atoms with Crippen LogP contribution < -0.4 is 11.1 Å². The third-order valence-electron chi connectivity index (χ3n) is 4.12. The van der Waals surface area contributed by atoms with Crippen molar-refractivity contribution in [3.8, 4) is 0 Å². The van der Waals surface area contributed by atoms with Crippen LogP contribution in [0.15, 0.2) is 22.5 Å². The Kier molecular flexibility index (Phi) is 6.61. The summed E-state index contributed by atoms with van der Waals surface area (Å²) in [5.41, 5.74) is 8.56. The van der Waals surface area contributed by atoms with Gasteiger partial charge >= 0.3 is 0 Å². The molecular weight excluding hydrogens is 354 g/mol. The van der Waals surface area contributed by atoms with Crippen LogP contribution in [0.4, 0.5) is 0 Å². The van der Waals surface area contributed by atoms with Gasteiger partial charge in [0.15, 0.2) is 0 Å². The Hall–Kier alpha value is -1.86. The minimum Gasteiger partial charge on any atom is -0.366 e. The van der Waals surface area contributed by atoms with E-state index in [4.69, 9.17) is 5.73 Å². The predicted octanol–water partition coefficient (Wildman–Crippen LogP) is 3.01. The number of carbonyl (C=O) groups excluding carboxylic acids is 2. The lowest BCUT2D eigenvalue weighted by Gasteiger charge is -2.16. The molecule has 0 fully saturated rings. The van der Waals surface area contributed by atoms with Gasteiger partial charge in [-0.1, -0.05) is 17.8 Å². The van der Waals surface area contributed by atoms with Gasteiger partial charge in [-0.2, -0.15) is 0 Å². The topological polar surface area (TPSA) is 85.1 Å². The molecule has 134 valence electrons. The quantitative estimate of drug-likeness (QED) is 0.727. The molecule has 7 heteroatoms. The fourth-order valence-corrected chi connectivity index (χ4v) is 4.21. The molecule has 2 heterocycles. The molecule has 0 aromatic carbocycles. The lowest BCUT2D eigenvalue weighted by Crippen LogP contribution is -2.32. The summed E-state index contributed by atoms with van der Waals surface area (Å²) < 4.78 is 0. The molecule has 2 amide bonds. The van der Waals surface area contributed by atoms with E-state index < -0.39 is 5.91 Å². The van der Waals surface area contributed by atoms with E-state index in [2.05, 4.69) is 16.4 Å². The number of hydrogen-bond donors (Lipinski definition) is 2. The molecule has 0 aliphatic rings. The van der Waals surface area contributed by atoms with E-state index in [9.17, 15) is 9.59 Å². The van der Waals surface area contributed by atoms with E-state index in [1.807, 2.05) is 39.1 Å². The lowest BCUT2D eigenvalue weighted by atomic mass is 10.0. The molecule has 0 aliphatic heterocycles. The fourth-order valence-electron chi connectivity index (χ4n) is 2.42. The highest BCUT2D eigenvalue weighted by Crippen LogP contribution is 2.29. The van der Waals surface area contributed by atoms with Crippen LogP contribution in [0.1, 0.15) is 39.0 Å². The average Bonchev–Trinajstić information content (AvgIpc) is 3.05. The van der Waals surface area contributed by atoms with E-state index in [-0.39, 0.29) is 11.2 Å². The van der Waals surface area contributed by atoms with Crippen molar-refractivity contribution in [2.45, 2.75) is 44.4 Å². The Balaban J connectivity index is 2.05. The van der Waals surface area contributed by atoms with E-state index in [0.717, 1.165) is 23.2 Å². The Morgan fingerprint density at radius 1 is 1.32 bits per heavy atom. The summed E-state index contributed by atoms with van der Waals surface area (Å²) in [6.45, 7) is 8.07. The van der Waals surface area contributed by atoms with Crippen molar-refractivity contribution in [2.75, 3.05) is 6.54 Å². The highest BCUT2D eigenvalue weighted by atomic mass is 32.2. The first kappa shape index (κ1) is 19.5. The second-order valence-electron chi connectivity index (χ2n) is 5.87. The van der Waals surface area contributed by atoms with Gasteiger partial charge in [0, 0.05) is 17.1 Å². The maximum Gasteiger partial charge on any atom is 0.251 e. The molecule has 2 aromatic heterocycles. The number of carbonyl (C=O) groups is 2. The van der Waals surface area contributed by atoms with Gasteiger partial charge in [-0.05, 0) is 56.7 Å². The summed E-state index contributed by atoms with van der Waals surface area (Å²) in [4.78, 5) is 29.9. The number of hydrogen-bond acceptors (Lipinski definition) is 5. The fraction of sp³-hybridized carbons (Fsp3) is 0.389. The monoisotopic (exact) mass is 377 g/mol. The second-order valence-corrected chi connectivity index (χ2v) is 8.23. The van der Waals surface area contributed by atoms with Crippen molar-refractivity contribution in [3.63, 3.8) is 0 Å². The number of aryl methyl sites for hydroxylation is 1. The number of amides is 2. The van der Waals surface area contributed by atoms with Crippen molar-refractivity contribution in [2.24, 2.45) is 5.73 Å². The lowest BCUT2D eigenvalue weighted by molar-refractivity contribution is -0.120. The molecule has 0 unspecified atom stereocenters. The number of nitrogens with two attached hydrogens (primary N) is 1. The van der Waals surface area contributed by atoms with Gasteiger partial charge in [-0.3, -0.25) is 9.59 Å². The van der Waals surface area contributed by atoms with Crippen molar-refractivity contribution in [1.82, 2.24) is 10.3 Å². The molecule has 2 rings (SSSR count).